The third-order valence-electron chi connectivity index (χ3n) is 2.44. The lowest BCUT2D eigenvalue weighted by atomic mass is 9.99. The average Bonchev–Trinajstić information content (AvgIpc) is 2.08. The second-order valence-electron chi connectivity index (χ2n) is 3.54. The van der Waals surface area contributed by atoms with E-state index in [9.17, 15) is 15.3 Å². The van der Waals surface area contributed by atoms with Crippen LogP contribution in [0, 0.1) is 0 Å². The van der Waals surface area contributed by atoms with Crippen molar-refractivity contribution in [2.24, 2.45) is 0 Å². The van der Waals surface area contributed by atoms with Gasteiger partial charge in [0.1, 0.15) is 23.4 Å². The van der Waals surface area contributed by atoms with Gasteiger partial charge in [-0.3, -0.25) is 0 Å². The van der Waals surface area contributed by atoms with Crippen LogP contribution in [0.5, 0.6) is 17.2 Å². The molecule has 1 unspecified atom stereocenters. The van der Waals surface area contributed by atoms with Gasteiger partial charge >= 0.3 is 0 Å². The van der Waals surface area contributed by atoms with Crippen molar-refractivity contribution in [1.29, 1.82) is 0 Å². The highest BCUT2D eigenvalue weighted by Crippen LogP contribution is 2.37. The molecule has 0 aliphatic carbocycles. The van der Waals surface area contributed by atoms with Crippen LogP contribution < -0.4 is 4.74 Å². The first-order valence-corrected chi connectivity index (χ1v) is 4.47. The van der Waals surface area contributed by atoms with Gasteiger partial charge in [-0.05, 0) is 6.92 Å². The topological polar surface area (TPSA) is 69.9 Å². The molecule has 1 aliphatic heterocycles. The Balaban J connectivity index is 2.46. The van der Waals surface area contributed by atoms with Gasteiger partial charge in [-0.25, -0.2) is 0 Å². The van der Waals surface area contributed by atoms with Crippen molar-refractivity contribution < 1.29 is 20.1 Å². The standard InChI is InChI=1S/C10H12O4/c1-5-8(12)4-7-9(13)2-6(11)3-10(7)14-5/h2-3,5,8,11-13H,4H2,1H3/t5-,8?/m1/s1. The van der Waals surface area contributed by atoms with E-state index in [1.165, 1.54) is 12.1 Å². The molecule has 1 heterocycles. The monoisotopic (exact) mass is 196 g/mol. The summed E-state index contributed by atoms with van der Waals surface area (Å²) in [6, 6.07) is 2.68. The molecule has 0 saturated heterocycles. The first-order chi connectivity index (χ1) is 6.58. The van der Waals surface area contributed by atoms with Gasteiger partial charge in [-0.1, -0.05) is 0 Å². The number of aliphatic hydroxyl groups is 1. The molecule has 14 heavy (non-hydrogen) atoms. The van der Waals surface area contributed by atoms with Crippen LogP contribution in [-0.4, -0.2) is 27.5 Å². The maximum atomic E-state index is 9.52. The van der Waals surface area contributed by atoms with Crippen molar-refractivity contribution in [1.82, 2.24) is 0 Å². The van der Waals surface area contributed by atoms with Crippen LogP contribution in [-0.2, 0) is 6.42 Å². The maximum Gasteiger partial charge on any atom is 0.130 e. The molecule has 4 nitrogen and oxygen atoms in total. The molecule has 0 saturated carbocycles. The Hall–Kier alpha value is -1.42. The van der Waals surface area contributed by atoms with Crippen LogP contribution in [0.15, 0.2) is 12.1 Å². The molecule has 0 fully saturated rings. The Morgan fingerprint density at radius 3 is 2.79 bits per heavy atom. The van der Waals surface area contributed by atoms with E-state index >= 15 is 0 Å². The lowest BCUT2D eigenvalue weighted by molar-refractivity contribution is 0.0318. The SMILES string of the molecule is C[C@H]1Oc2cc(O)cc(O)c2CC1O. The zero-order chi connectivity index (χ0) is 10.3. The predicted octanol–water partition coefficient (Wildman–Crippen LogP) is 0.782. The van der Waals surface area contributed by atoms with Crippen LogP contribution in [0.4, 0.5) is 0 Å². The lowest BCUT2D eigenvalue weighted by Crippen LogP contribution is -2.34. The minimum absolute atomic E-state index is 0.0362. The Labute approximate surface area is 81.4 Å². The summed E-state index contributed by atoms with van der Waals surface area (Å²) < 4.78 is 5.34. The van der Waals surface area contributed by atoms with Gasteiger partial charge < -0.3 is 20.1 Å². The Morgan fingerprint density at radius 1 is 1.36 bits per heavy atom. The van der Waals surface area contributed by atoms with Crippen molar-refractivity contribution in [3.05, 3.63) is 17.7 Å². The summed E-state index contributed by atoms with van der Waals surface area (Å²) >= 11 is 0. The molecule has 1 aromatic rings. The number of hydrogen-bond acceptors (Lipinski definition) is 4. The minimum atomic E-state index is -0.613. The van der Waals surface area contributed by atoms with E-state index in [1.54, 1.807) is 6.92 Å². The molecule has 3 N–H and O–H groups in total. The number of fused-ring (bicyclic) bond motifs is 1. The summed E-state index contributed by atoms with van der Waals surface area (Å²) in [5.41, 5.74) is 0.549. The van der Waals surface area contributed by atoms with E-state index in [4.69, 9.17) is 4.74 Å². The van der Waals surface area contributed by atoms with Gasteiger partial charge in [-0.2, -0.15) is 0 Å². The van der Waals surface area contributed by atoms with Crippen molar-refractivity contribution in [3.8, 4) is 17.2 Å². The number of phenols is 2. The molecule has 0 amide bonds. The number of ether oxygens (including phenoxy) is 1. The fourth-order valence-corrected chi connectivity index (χ4v) is 1.58. The van der Waals surface area contributed by atoms with Crippen molar-refractivity contribution in [3.63, 3.8) is 0 Å². The number of rotatable bonds is 0. The molecule has 2 atom stereocenters. The Bertz CT molecular complexity index is 361. The largest absolute Gasteiger partial charge is 0.508 e. The van der Waals surface area contributed by atoms with Crippen molar-refractivity contribution in [2.45, 2.75) is 25.6 Å². The molecule has 0 bridgehead atoms. The Morgan fingerprint density at radius 2 is 2.07 bits per heavy atom. The molecule has 0 aromatic heterocycles. The fraction of sp³-hybridized carbons (Fsp3) is 0.400. The van der Waals surface area contributed by atoms with E-state index in [0.29, 0.717) is 17.7 Å². The summed E-state index contributed by atoms with van der Waals surface area (Å²) in [6.07, 6.45) is -0.579. The molecule has 1 aliphatic rings. The van der Waals surface area contributed by atoms with Gasteiger partial charge in [-0.15, -0.1) is 0 Å². The van der Waals surface area contributed by atoms with Crippen LogP contribution in [0.1, 0.15) is 12.5 Å². The summed E-state index contributed by atoms with van der Waals surface area (Å²) in [5.74, 6) is 0.371. The van der Waals surface area contributed by atoms with E-state index in [0.717, 1.165) is 0 Å². The number of aliphatic hydroxyl groups excluding tert-OH is 1. The summed E-state index contributed by atoms with van der Waals surface area (Å²) in [7, 11) is 0. The van der Waals surface area contributed by atoms with Gasteiger partial charge in [0, 0.05) is 24.1 Å². The number of phenolic OH excluding ortho intramolecular Hbond substituents is 2. The average molecular weight is 196 g/mol. The quantitative estimate of drug-likeness (QED) is 0.573. The normalized spacial score (nSPS) is 25.3. The molecule has 0 radical (unpaired) electrons. The maximum absolute atomic E-state index is 9.52. The second kappa shape index (κ2) is 3.06. The van der Waals surface area contributed by atoms with Crippen LogP contribution >= 0.6 is 0 Å². The highest BCUT2D eigenvalue weighted by Gasteiger charge is 2.27. The van der Waals surface area contributed by atoms with E-state index in [1.807, 2.05) is 0 Å². The highest BCUT2D eigenvalue weighted by molar-refractivity contribution is 5.50. The van der Waals surface area contributed by atoms with E-state index in [-0.39, 0.29) is 17.6 Å². The van der Waals surface area contributed by atoms with Crippen molar-refractivity contribution in [2.75, 3.05) is 0 Å². The fourth-order valence-electron chi connectivity index (χ4n) is 1.58. The molecule has 0 spiro atoms. The van der Waals surface area contributed by atoms with Crippen molar-refractivity contribution >= 4 is 0 Å². The highest BCUT2D eigenvalue weighted by atomic mass is 16.5. The van der Waals surface area contributed by atoms with E-state index < -0.39 is 6.10 Å². The molecule has 76 valence electrons. The third-order valence-corrected chi connectivity index (χ3v) is 2.44. The molecular formula is C10H12O4. The summed E-state index contributed by atoms with van der Waals surface area (Å²) in [5, 5.41) is 28.2. The van der Waals surface area contributed by atoms with Crippen LogP contribution in [0.25, 0.3) is 0 Å². The van der Waals surface area contributed by atoms with Crippen LogP contribution in [0.2, 0.25) is 0 Å². The molecular weight excluding hydrogens is 184 g/mol. The first kappa shape index (κ1) is 9.15. The zero-order valence-corrected chi connectivity index (χ0v) is 7.77. The molecule has 4 heteroatoms. The van der Waals surface area contributed by atoms with Gasteiger partial charge in [0.15, 0.2) is 0 Å². The lowest BCUT2D eigenvalue weighted by Gasteiger charge is -2.28. The predicted molar refractivity (Wildman–Crippen MR) is 49.6 cm³/mol. The summed E-state index contributed by atoms with van der Waals surface area (Å²) in [6.45, 7) is 1.74. The van der Waals surface area contributed by atoms with Gasteiger partial charge in [0.2, 0.25) is 0 Å². The number of hydrogen-bond donors (Lipinski definition) is 3. The second-order valence-corrected chi connectivity index (χ2v) is 3.54. The van der Waals surface area contributed by atoms with Gasteiger partial charge in [0.25, 0.3) is 0 Å². The molecule has 2 rings (SSSR count). The summed E-state index contributed by atoms with van der Waals surface area (Å²) in [4.78, 5) is 0. The third kappa shape index (κ3) is 1.37. The smallest absolute Gasteiger partial charge is 0.130 e. The van der Waals surface area contributed by atoms with E-state index in [2.05, 4.69) is 0 Å². The first-order valence-electron chi connectivity index (χ1n) is 4.47. The number of aromatic hydroxyl groups is 2. The zero-order valence-electron chi connectivity index (χ0n) is 7.77. The van der Waals surface area contributed by atoms with Crippen LogP contribution in [0.3, 0.4) is 0 Å². The Kier molecular flexibility index (Phi) is 2.00. The number of benzene rings is 1. The minimum Gasteiger partial charge on any atom is -0.508 e. The molecule has 1 aromatic carbocycles. The van der Waals surface area contributed by atoms with Gasteiger partial charge in [0.05, 0.1) is 6.10 Å².